The first-order chi connectivity index (χ1) is 9.54. The molecule has 1 amide bonds. The third-order valence-corrected chi connectivity index (χ3v) is 3.72. The van der Waals surface area contributed by atoms with Crippen LogP contribution < -0.4 is 5.32 Å². The number of anilines is 1. The van der Waals surface area contributed by atoms with E-state index in [9.17, 15) is 4.79 Å². The van der Waals surface area contributed by atoms with Gasteiger partial charge in [0.25, 0.3) is 0 Å². The number of hydrogen-bond donors (Lipinski definition) is 1. The lowest BCUT2D eigenvalue weighted by molar-refractivity contribution is -0.111. The number of carbonyl (C=O) groups excluding carboxylic acids is 1. The van der Waals surface area contributed by atoms with Gasteiger partial charge in [-0.2, -0.15) is 0 Å². The van der Waals surface area contributed by atoms with E-state index in [0.717, 1.165) is 9.13 Å². The topological polar surface area (TPSA) is 29.1 Å². The Balaban J connectivity index is 2.03. The van der Waals surface area contributed by atoms with Crippen LogP contribution in [0.1, 0.15) is 5.56 Å². The molecule has 0 saturated carbocycles. The number of nitrogens with one attached hydrogen (secondary N) is 1. The Kier molecular flexibility index (Phi) is 5.46. The highest BCUT2D eigenvalue weighted by molar-refractivity contribution is 14.1. The van der Waals surface area contributed by atoms with E-state index >= 15 is 0 Å². The van der Waals surface area contributed by atoms with E-state index < -0.39 is 0 Å². The minimum atomic E-state index is -0.233. The Morgan fingerprint density at radius 1 is 1.10 bits per heavy atom. The first-order valence-corrected chi connectivity index (χ1v) is 7.58. The fraction of sp³-hybridized carbons (Fsp3) is 0. The minimum absolute atomic E-state index is 0.233. The van der Waals surface area contributed by atoms with E-state index in [-0.39, 0.29) is 5.91 Å². The van der Waals surface area contributed by atoms with Crippen molar-refractivity contribution in [2.45, 2.75) is 0 Å². The van der Waals surface area contributed by atoms with E-state index in [1.165, 1.54) is 6.08 Å². The van der Waals surface area contributed by atoms with Gasteiger partial charge in [0.2, 0.25) is 5.91 Å². The van der Waals surface area contributed by atoms with Crippen molar-refractivity contribution in [3.8, 4) is 0 Å². The van der Waals surface area contributed by atoms with Crippen molar-refractivity contribution < 1.29 is 4.79 Å². The van der Waals surface area contributed by atoms with Crippen molar-refractivity contribution in [2.24, 2.45) is 0 Å². The van der Waals surface area contributed by atoms with Crippen LogP contribution in [0.3, 0.4) is 0 Å². The van der Waals surface area contributed by atoms with Crippen LogP contribution >= 0.6 is 45.8 Å². The number of amides is 1. The van der Waals surface area contributed by atoms with Gasteiger partial charge >= 0.3 is 0 Å². The third-order valence-electron chi connectivity index (χ3n) is 2.49. The van der Waals surface area contributed by atoms with E-state index in [2.05, 4.69) is 27.9 Å². The molecule has 0 aliphatic heterocycles. The van der Waals surface area contributed by atoms with Crippen LogP contribution in [0.5, 0.6) is 0 Å². The number of benzene rings is 2. The van der Waals surface area contributed by atoms with E-state index in [1.54, 1.807) is 30.3 Å². The van der Waals surface area contributed by atoms with Crippen LogP contribution in [0, 0.1) is 3.57 Å². The molecule has 0 atom stereocenters. The summed E-state index contributed by atoms with van der Waals surface area (Å²) in [6, 6.07) is 12.7. The summed E-state index contributed by atoms with van der Waals surface area (Å²) in [7, 11) is 0. The second kappa shape index (κ2) is 7.11. The van der Waals surface area contributed by atoms with E-state index in [4.69, 9.17) is 23.2 Å². The molecule has 0 aliphatic carbocycles. The van der Waals surface area contributed by atoms with Gasteiger partial charge in [0, 0.05) is 14.7 Å². The molecule has 0 bridgehead atoms. The van der Waals surface area contributed by atoms with Crippen molar-refractivity contribution in [2.75, 3.05) is 5.32 Å². The largest absolute Gasteiger partial charge is 0.321 e. The van der Waals surface area contributed by atoms with E-state index in [1.807, 2.05) is 18.2 Å². The molecule has 0 heterocycles. The molecule has 0 unspecified atom stereocenters. The summed E-state index contributed by atoms with van der Waals surface area (Å²) in [6.45, 7) is 0. The number of hydrogen-bond acceptors (Lipinski definition) is 1. The predicted octanol–water partition coefficient (Wildman–Crippen LogP) is 5.25. The monoisotopic (exact) mass is 417 g/mol. The third kappa shape index (κ3) is 4.51. The molecule has 1 N–H and O–H groups in total. The summed E-state index contributed by atoms with van der Waals surface area (Å²) < 4.78 is 1.02. The normalized spacial score (nSPS) is 10.8. The standard InChI is InChI=1S/C15H10Cl2INO/c16-11-4-1-10(2-5-11)3-8-15(20)19-14-7-6-12(18)9-13(14)17/h1-9H,(H,19,20)/b8-3+. The van der Waals surface area contributed by atoms with Gasteiger partial charge in [-0.15, -0.1) is 0 Å². The Morgan fingerprint density at radius 3 is 2.45 bits per heavy atom. The second-order valence-electron chi connectivity index (χ2n) is 4.00. The highest BCUT2D eigenvalue weighted by Crippen LogP contribution is 2.23. The number of carbonyl (C=O) groups is 1. The van der Waals surface area contributed by atoms with Gasteiger partial charge in [-0.3, -0.25) is 4.79 Å². The van der Waals surface area contributed by atoms with Gasteiger partial charge in [-0.05, 0) is 64.6 Å². The molecule has 0 spiro atoms. The minimum Gasteiger partial charge on any atom is -0.321 e. The van der Waals surface area contributed by atoms with Gasteiger partial charge < -0.3 is 5.32 Å². The Bertz CT molecular complexity index is 653. The maximum Gasteiger partial charge on any atom is 0.248 e. The molecule has 2 rings (SSSR count). The average molecular weight is 418 g/mol. The molecule has 0 aliphatic rings. The van der Waals surface area contributed by atoms with Gasteiger partial charge in [0.15, 0.2) is 0 Å². The first kappa shape index (κ1) is 15.4. The lowest BCUT2D eigenvalue weighted by Gasteiger charge is -2.05. The lowest BCUT2D eigenvalue weighted by atomic mass is 10.2. The summed E-state index contributed by atoms with van der Waals surface area (Å²) in [5.41, 5.74) is 1.50. The highest BCUT2D eigenvalue weighted by atomic mass is 127. The summed E-state index contributed by atoms with van der Waals surface area (Å²) in [5.74, 6) is -0.233. The molecule has 2 nitrogen and oxygen atoms in total. The van der Waals surface area contributed by atoms with Crippen LogP contribution in [0.15, 0.2) is 48.5 Å². The molecule has 0 saturated heterocycles. The lowest BCUT2D eigenvalue weighted by Crippen LogP contribution is -2.08. The molecule has 0 aromatic heterocycles. The molecular weight excluding hydrogens is 408 g/mol. The van der Waals surface area contributed by atoms with Gasteiger partial charge in [0.1, 0.15) is 0 Å². The number of rotatable bonds is 3. The smallest absolute Gasteiger partial charge is 0.248 e. The summed E-state index contributed by atoms with van der Waals surface area (Å²) in [4.78, 5) is 11.8. The SMILES string of the molecule is O=C(/C=C/c1ccc(Cl)cc1)Nc1ccc(I)cc1Cl. The fourth-order valence-electron chi connectivity index (χ4n) is 1.51. The van der Waals surface area contributed by atoms with Gasteiger partial charge in [0.05, 0.1) is 10.7 Å². The van der Waals surface area contributed by atoms with Crippen molar-refractivity contribution in [3.05, 3.63) is 67.7 Å². The maximum absolute atomic E-state index is 11.8. The van der Waals surface area contributed by atoms with Gasteiger partial charge in [-0.1, -0.05) is 35.3 Å². The number of halogens is 3. The van der Waals surface area contributed by atoms with Crippen LogP contribution in [0.25, 0.3) is 6.08 Å². The summed E-state index contributed by atoms with van der Waals surface area (Å²) >= 11 is 14.0. The second-order valence-corrected chi connectivity index (χ2v) is 6.09. The molecular formula is C15H10Cl2INO. The molecule has 0 fully saturated rings. The molecule has 102 valence electrons. The van der Waals surface area contributed by atoms with Crippen molar-refractivity contribution in [3.63, 3.8) is 0 Å². The van der Waals surface area contributed by atoms with Crippen LogP contribution in [0.4, 0.5) is 5.69 Å². The molecule has 5 heteroatoms. The van der Waals surface area contributed by atoms with Gasteiger partial charge in [-0.25, -0.2) is 0 Å². The Labute approximate surface area is 140 Å². The Hall–Kier alpha value is -1.04. The van der Waals surface area contributed by atoms with Crippen LogP contribution in [-0.4, -0.2) is 5.91 Å². The molecule has 20 heavy (non-hydrogen) atoms. The Morgan fingerprint density at radius 2 is 1.80 bits per heavy atom. The maximum atomic E-state index is 11.8. The fourth-order valence-corrected chi connectivity index (χ4v) is 2.54. The quantitative estimate of drug-likeness (QED) is 0.536. The zero-order chi connectivity index (χ0) is 14.5. The van der Waals surface area contributed by atoms with Crippen LogP contribution in [-0.2, 0) is 4.79 Å². The predicted molar refractivity (Wildman–Crippen MR) is 93.3 cm³/mol. The molecule has 2 aromatic rings. The zero-order valence-corrected chi connectivity index (χ0v) is 13.9. The van der Waals surface area contributed by atoms with Crippen molar-refractivity contribution >= 4 is 63.5 Å². The van der Waals surface area contributed by atoms with Crippen molar-refractivity contribution in [1.82, 2.24) is 0 Å². The van der Waals surface area contributed by atoms with E-state index in [0.29, 0.717) is 15.7 Å². The molecule has 0 radical (unpaired) electrons. The average Bonchev–Trinajstić information content (AvgIpc) is 2.41. The zero-order valence-electron chi connectivity index (χ0n) is 10.2. The first-order valence-electron chi connectivity index (χ1n) is 5.74. The highest BCUT2D eigenvalue weighted by Gasteiger charge is 2.03. The van der Waals surface area contributed by atoms with Crippen LogP contribution in [0.2, 0.25) is 10.0 Å². The summed E-state index contributed by atoms with van der Waals surface area (Å²) in [5, 5.41) is 3.91. The summed E-state index contributed by atoms with van der Waals surface area (Å²) in [6.07, 6.45) is 3.17. The molecule has 2 aromatic carbocycles. The van der Waals surface area contributed by atoms with Crippen molar-refractivity contribution in [1.29, 1.82) is 0 Å².